The van der Waals surface area contributed by atoms with E-state index in [2.05, 4.69) is 4.90 Å². The first-order chi connectivity index (χ1) is 7.68. The summed E-state index contributed by atoms with van der Waals surface area (Å²) in [5.74, 6) is -1.19. The fraction of sp³-hybridized carbons (Fsp3) is 0.462. The standard InChI is InChI=1S/C13H17NO2/c1-10(13(15)16)11-4-6-12(7-5-11)14-8-2-3-9-14/h4-7,10H,2-3,8-9H2,1H3,(H,15,16). The van der Waals surface area contributed by atoms with Crippen molar-refractivity contribution in [1.29, 1.82) is 0 Å². The topological polar surface area (TPSA) is 40.5 Å². The van der Waals surface area contributed by atoms with Crippen molar-refractivity contribution in [3.63, 3.8) is 0 Å². The number of benzene rings is 1. The van der Waals surface area contributed by atoms with Gasteiger partial charge in [0.25, 0.3) is 0 Å². The van der Waals surface area contributed by atoms with E-state index in [9.17, 15) is 4.79 Å². The highest BCUT2D eigenvalue weighted by Gasteiger charge is 2.15. The van der Waals surface area contributed by atoms with Crippen LogP contribution in [0, 0.1) is 0 Å². The van der Waals surface area contributed by atoms with Crippen molar-refractivity contribution in [3.05, 3.63) is 29.8 Å². The first kappa shape index (κ1) is 11.0. The third-order valence-corrected chi connectivity index (χ3v) is 3.23. The zero-order chi connectivity index (χ0) is 11.5. The van der Waals surface area contributed by atoms with Crippen LogP contribution in [0.25, 0.3) is 0 Å². The van der Waals surface area contributed by atoms with Gasteiger partial charge in [-0.25, -0.2) is 0 Å². The smallest absolute Gasteiger partial charge is 0.310 e. The van der Waals surface area contributed by atoms with Gasteiger partial charge in [0.15, 0.2) is 0 Å². The highest BCUT2D eigenvalue weighted by atomic mass is 16.4. The Labute approximate surface area is 95.7 Å². The molecule has 1 heterocycles. The van der Waals surface area contributed by atoms with Crippen molar-refractivity contribution in [3.8, 4) is 0 Å². The van der Waals surface area contributed by atoms with Crippen LogP contribution in [0.1, 0.15) is 31.2 Å². The number of carbonyl (C=O) groups is 1. The normalized spacial score (nSPS) is 17.4. The Morgan fingerprint density at radius 1 is 1.25 bits per heavy atom. The van der Waals surface area contributed by atoms with Crippen LogP contribution in [-0.4, -0.2) is 24.2 Å². The van der Waals surface area contributed by atoms with Gasteiger partial charge in [-0.3, -0.25) is 4.79 Å². The summed E-state index contributed by atoms with van der Waals surface area (Å²) < 4.78 is 0. The number of hydrogen-bond acceptors (Lipinski definition) is 2. The molecule has 86 valence electrons. The molecular formula is C13H17NO2. The molecule has 3 nitrogen and oxygen atoms in total. The third kappa shape index (κ3) is 2.18. The van der Waals surface area contributed by atoms with E-state index in [1.807, 2.05) is 24.3 Å². The molecule has 1 N–H and O–H groups in total. The summed E-state index contributed by atoms with van der Waals surface area (Å²) in [7, 11) is 0. The maximum Gasteiger partial charge on any atom is 0.310 e. The first-order valence-electron chi connectivity index (χ1n) is 5.76. The van der Waals surface area contributed by atoms with Crippen molar-refractivity contribution in [2.75, 3.05) is 18.0 Å². The van der Waals surface area contributed by atoms with Gasteiger partial charge in [0.2, 0.25) is 0 Å². The monoisotopic (exact) mass is 219 g/mol. The van der Waals surface area contributed by atoms with Crippen LogP contribution in [-0.2, 0) is 4.79 Å². The lowest BCUT2D eigenvalue weighted by Crippen LogP contribution is -2.17. The van der Waals surface area contributed by atoms with Crippen LogP contribution in [0.3, 0.4) is 0 Å². The van der Waals surface area contributed by atoms with Crippen LogP contribution in [0.4, 0.5) is 5.69 Å². The molecule has 3 heteroatoms. The average Bonchev–Trinajstić information content (AvgIpc) is 2.81. The van der Waals surface area contributed by atoms with Crippen molar-refractivity contribution < 1.29 is 9.90 Å². The number of carboxylic acids is 1. The van der Waals surface area contributed by atoms with Crippen LogP contribution < -0.4 is 4.90 Å². The first-order valence-corrected chi connectivity index (χ1v) is 5.76. The summed E-state index contributed by atoms with van der Waals surface area (Å²) in [6, 6.07) is 7.90. The minimum absolute atomic E-state index is 0.423. The molecule has 1 aliphatic rings. The Morgan fingerprint density at radius 2 is 1.81 bits per heavy atom. The molecule has 1 atom stereocenters. The number of rotatable bonds is 3. The van der Waals surface area contributed by atoms with Crippen molar-refractivity contribution in [1.82, 2.24) is 0 Å². The summed E-state index contributed by atoms with van der Waals surface area (Å²) in [5, 5.41) is 8.91. The van der Waals surface area contributed by atoms with Crippen molar-refractivity contribution in [2.45, 2.75) is 25.7 Å². The number of aliphatic carboxylic acids is 1. The number of carboxylic acid groups (broad SMARTS) is 1. The average molecular weight is 219 g/mol. The van der Waals surface area contributed by atoms with Gasteiger partial charge in [-0.1, -0.05) is 12.1 Å². The van der Waals surface area contributed by atoms with Gasteiger partial charge in [0, 0.05) is 18.8 Å². The van der Waals surface area contributed by atoms with Crippen molar-refractivity contribution in [2.24, 2.45) is 0 Å². The zero-order valence-corrected chi connectivity index (χ0v) is 9.52. The van der Waals surface area contributed by atoms with E-state index in [-0.39, 0.29) is 0 Å². The molecule has 0 bridgehead atoms. The molecule has 1 aromatic rings. The molecule has 16 heavy (non-hydrogen) atoms. The molecule has 0 saturated carbocycles. The van der Waals surface area contributed by atoms with E-state index in [1.54, 1.807) is 6.92 Å². The molecule has 2 rings (SSSR count). The summed E-state index contributed by atoms with van der Waals surface area (Å²) in [4.78, 5) is 13.2. The lowest BCUT2D eigenvalue weighted by atomic mass is 10.0. The van der Waals surface area contributed by atoms with E-state index in [0.717, 1.165) is 18.7 Å². The fourth-order valence-electron chi connectivity index (χ4n) is 2.09. The summed E-state index contributed by atoms with van der Waals surface area (Å²) >= 11 is 0. The SMILES string of the molecule is CC(C(=O)O)c1ccc(N2CCCC2)cc1. The number of nitrogens with zero attached hydrogens (tertiary/aromatic N) is 1. The molecule has 0 amide bonds. The van der Waals surface area contributed by atoms with E-state index < -0.39 is 11.9 Å². The predicted molar refractivity (Wildman–Crippen MR) is 63.9 cm³/mol. The van der Waals surface area contributed by atoms with E-state index in [0.29, 0.717) is 0 Å². The Bertz CT molecular complexity index is 366. The highest BCUT2D eigenvalue weighted by Crippen LogP contribution is 2.23. The van der Waals surface area contributed by atoms with Gasteiger partial charge < -0.3 is 10.0 Å². The van der Waals surface area contributed by atoms with Gasteiger partial charge in [0.1, 0.15) is 0 Å². The second-order valence-corrected chi connectivity index (χ2v) is 4.35. The lowest BCUT2D eigenvalue weighted by Gasteiger charge is -2.18. The van der Waals surface area contributed by atoms with Crippen LogP contribution in [0.2, 0.25) is 0 Å². The second kappa shape index (κ2) is 4.56. The number of hydrogen-bond donors (Lipinski definition) is 1. The van der Waals surface area contributed by atoms with E-state index in [1.165, 1.54) is 18.5 Å². The summed E-state index contributed by atoms with van der Waals surface area (Å²) in [6.45, 7) is 3.95. The predicted octanol–water partition coefficient (Wildman–Crippen LogP) is 2.47. The Kier molecular flexibility index (Phi) is 3.13. The van der Waals surface area contributed by atoms with Gasteiger partial charge in [-0.2, -0.15) is 0 Å². The molecular weight excluding hydrogens is 202 g/mol. The fourth-order valence-corrected chi connectivity index (χ4v) is 2.09. The molecule has 1 aromatic carbocycles. The Balaban J connectivity index is 2.12. The summed E-state index contributed by atoms with van der Waals surface area (Å²) in [5.41, 5.74) is 2.08. The minimum Gasteiger partial charge on any atom is -0.481 e. The highest BCUT2D eigenvalue weighted by molar-refractivity contribution is 5.75. The zero-order valence-electron chi connectivity index (χ0n) is 9.52. The number of anilines is 1. The third-order valence-electron chi connectivity index (χ3n) is 3.23. The van der Waals surface area contributed by atoms with Crippen LogP contribution >= 0.6 is 0 Å². The van der Waals surface area contributed by atoms with Crippen molar-refractivity contribution >= 4 is 11.7 Å². The molecule has 0 aromatic heterocycles. The van der Waals surface area contributed by atoms with Gasteiger partial charge in [0.05, 0.1) is 5.92 Å². The molecule has 0 aliphatic carbocycles. The molecule has 1 aliphatic heterocycles. The molecule has 0 radical (unpaired) electrons. The Morgan fingerprint density at radius 3 is 2.31 bits per heavy atom. The molecule has 1 unspecified atom stereocenters. The maximum absolute atomic E-state index is 10.8. The van der Waals surface area contributed by atoms with E-state index in [4.69, 9.17) is 5.11 Å². The van der Waals surface area contributed by atoms with Crippen LogP contribution in [0.5, 0.6) is 0 Å². The molecule has 1 saturated heterocycles. The maximum atomic E-state index is 10.8. The quantitative estimate of drug-likeness (QED) is 0.849. The molecule has 1 fully saturated rings. The minimum atomic E-state index is -0.770. The van der Waals surface area contributed by atoms with Gasteiger partial charge in [-0.05, 0) is 37.5 Å². The second-order valence-electron chi connectivity index (χ2n) is 4.35. The lowest BCUT2D eigenvalue weighted by molar-refractivity contribution is -0.138. The van der Waals surface area contributed by atoms with Crippen LogP contribution in [0.15, 0.2) is 24.3 Å². The molecule has 0 spiro atoms. The van der Waals surface area contributed by atoms with Gasteiger partial charge in [-0.15, -0.1) is 0 Å². The van der Waals surface area contributed by atoms with Gasteiger partial charge >= 0.3 is 5.97 Å². The Hall–Kier alpha value is -1.51. The summed E-state index contributed by atoms with van der Waals surface area (Å²) in [6.07, 6.45) is 2.51. The largest absolute Gasteiger partial charge is 0.481 e. The van der Waals surface area contributed by atoms with E-state index >= 15 is 0 Å².